The van der Waals surface area contributed by atoms with Crippen LogP contribution in [0.15, 0.2) is 12.3 Å². The lowest BCUT2D eigenvalue weighted by Crippen LogP contribution is -2.34. The molecule has 1 rings (SSSR count). The van der Waals surface area contributed by atoms with E-state index in [-0.39, 0.29) is 5.28 Å². The van der Waals surface area contributed by atoms with Gasteiger partial charge < -0.3 is 10.5 Å². The van der Waals surface area contributed by atoms with Crippen molar-refractivity contribution in [1.29, 1.82) is 0 Å². The molecular formula is C9H12ClN3O2. The Morgan fingerprint density at radius 3 is 3.07 bits per heavy atom. The Hall–Kier alpha value is -1.20. The standard InChI is InChI=1S/C9H12ClN3O2/c1-2-15-8(14)7(11)5-6-3-4-12-9(10)13-6/h3-4,7H,2,5,11H2,1H3. The Balaban J connectivity index is 2.58. The first-order chi connectivity index (χ1) is 7.13. The van der Waals surface area contributed by atoms with Crippen molar-refractivity contribution in [2.24, 2.45) is 5.73 Å². The number of nitrogens with zero attached hydrogens (tertiary/aromatic N) is 2. The Kier molecular flexibility index (Phi) is 4.45. The van der Waals surface area contributed by atoms with Crippen molar-refractivity contribution in [3.8, 4) is 0 Å². The van der Waals surface area contributed by atoms with E-state index in [0.717, 1.165) is 0 Å². The van der Waals surface area contributed by atoms with E-state index >= 15 is 0 Å². The van der Waals surface area contributed by atoms with Gasteiger partial charge in [0.2, 0.25) is 5.28 Å². The first-order valence-electron chi connectivity index (χ1n) is 4.53. The molecule has 6 heteroatoms. The molecule has 0 aromatic carbocycles. The number of halogens is 1. The van der Waals surface area contributed by atoms with Crippen LogP contribution in [0.2, 0.25) is 5.28 Å². The SMILES string of the molecule is CCOC(=O)C(N)Cc1ccnc(Cl)n1. The van der Waals surface area contributed by atoms with E-state index < -0.39 is 12.0 Å². The summed E-state index contributed by atoms with van der Waals surface area (Å²) >= 11 is 5.59. The molecule has 0 spiro atoms. The monoisotopic (exact) mass is 229 g/mol. The molecule has 0 aliphatic carbocycles. The Bertz CT molecular complexity index is 346. The van der Waals surface area contributed by atoms with Gasteiger partial charge in [-0.05, 0) is 24.6 Å². The summed E-state index contributed by atoms with van der Waals surface area (Å²) in [4.78, 5) is 18.9. The fourth-order valence-electron chi connectivity index (χ4n) is 1.04. The molecule has 0 amide bonds. The molecule has 0 saturated carbocycles. The lowest BCUT2D eigenvalue weighted by molar-refractivity contribution is -0.144. The fourth-order valence-corrected chi connectivity index (χ4v) is 1.21. The lowest BCUT2D eigenvalue weighted by atomic mass is 10.1. The van der Waals surface area contributed by atoms with E-state index in [0.29, 0.717) is 18.7 Å². The van der Waals surface area contributed by atoms with Crippen LogP contribution in [0.3, 0.4) is 0 Å². The third-order valence-electron chi connectivity index (χ3n) is 1.70. The summed E-state index contributed by atoms with van der Waals surface area (Å²) in [5, 5.41) is 0.142. The van der Waals surface area contributed by atoms with Crippen molar-refractivity contribution in [1.82, 2.24) is 9.97 Å². The van der Waals surface area contributed by atoms with Gasteiger partial charge in [0.1, 0.15) is 6.04 Å². The molecule has 0 bridgehead atoms. The second kappa shape index (κ2) is 5.63. The largest absolute Gasteiger partial charge is 0.465 e. The second-order valence-corrected chi connectivity index (χ2v) is 3.22. The molecule has 15 heavy (non-hydrogen) atoms. The summed E-state index contributed by atoms with van der Waals surface area (Å²) in [6.45, 7) is 2.04. The minimum atomic E-state index is -0.712. The van der Waals surface area contributed by atoms with Crippen molar-refractivity contribution >= 4 is 17.6 Å². The second-order valence-electron chi connectivity index (χ2n) is 2.88. The van der Waals surface area contributed by atoms with Crippen LogP contribution in [0.1, 0.15) is 12.6 Å². The van der Waals surface area contributed by atoms with Crippen molar-refractivity contribution in [2.45, 2.75) is 19.4 Å². The molecule has 1 atom stereocenters. The maximum absolute atomic E-state index is 11.2. The topological polar surface area (TPSA) is 78.1 Å². The van der Waals surface area contributed by atoms with Crippen molar-refractivity contribution < 1.29 is 9.53 Å². The van der Waals surface area contributed by atoms with E-state index in [1.807, 2.05) is 0 Å². The van der Waals surface area contributed by atoms with Gasteiger partial charge in [-0.15, -0.1) is 0 Å². The number of ether oxygens (including phenoxy) is 1. The van der Waals surface area contributed by atoms with Gasteiger partial charge in [0.15, 0.2) is 0 Å². The third kappa shape index (κ3) is 3.81. The van der Waals surface area contributed by atoms with Gasteiger partial charge in [-0.1, -0.05) is 0 Å². The van der Waals surface area contributed by atoms with Crippen LogP contribution >= 0.6 is 11.6 Å². The zero-order chi connectivity index (χ0) is 11.3. The zero-order valence-corrected chi connectivity index (χ0v) is 9.07. The number of hydrogen-bond donors (Lipinski definition) is 1. The Morgan fingerprint density at radius 2 is 2.47 bits per heavy atom. The number of esters is 1. The molecular weight excluding hydrogens is 218 g/mol. The van der Waals surface area contributed by atoms with E-state index in [1.54, 1.807) is 13.0 Å². The number of aromatic nitrogens is 2. The van der Waals surface area contributed by atoms with E-state index in [4.69, 9.17) is 22.1 Å². The van der Waals surface area contributed by atoms with Crippen LogP contribution < -0.4 is 5.73 Å². The Labute approximate surface area is 92.6 Å². The highest BCUT2D eigenvalue weighted by Gasteiger charge is 2.15. The molecule has 1 aromatic rings. The van der Waals surface area contributed by atoms with Gasteiger partial charge in [-0.3, -0.25) is 4.79 Å². The number of hydrogen-bond acceptors (Lipinski definition) is 5. The van der Waals surface area contributed by atoms with Gasteiger partial charge in [0.25, 0.3) is 0 Å². The third-order valence-corrected chi connectivity index (χ3v) is 1.88. The zero-order valence-electron chi connectivity index (χ0n) is 8.31. The first kappa shape index (κ1) is 11.9. The summed E-state index contributed by atoms with van der Waals surface area (Å²) in [5.41, 5.74) is 6.23. The highest BCUT2D eigenvalue weighted by atomic mass is 35.5. The van der Waals surface area contributed by atoms with Gasteiger partial charge >= 0.3 is 5.97 Å². The number of rotatable bonds is 4. The van der Waals surface area contributed by atoms with Crippen molar-refractivity contribution in [3.63, 3.8) is 0 Å². The molecule has 0 saturated heterocycles. The highest BCUT2D eigenvalue weighted by molar-refractivity contribution is 6.28. The lowest BCUT2D eigenvalue weighted by Gasteiger charge is -2.09. The molecule has 0 fully saturated rings. The van der Waals surface area contributed by atoms with Gasteiger partial charge in [0.05, 0.1) is 6.61 Å². The van der Waals surface area contributed by atoms with Crippen molar-refractivity contribution in [2.75, 3.05) is 6.61 Å². The highest BCUT2D eigenvalue weighted by Crippen LogP contribution is 2.03. The summed E-state index contributed by atoms with van der Waals surface area (Å²) in [6, 6.07) is 0.946. The van der Waals surface area contributed by atoms with Gasteiger partial charge in [-0.2, -0.15) is 0 Å². The van der Waals surface area contributed by atoms with Gasteiger partial charge in [0, 0.05) is 18.3 Å². The average molecular weight is 230 g/mol. The normalized spacial score (nSPS) is 12.2. The number of nitrogens with two attached hydrogens (primary N) is 1. The maximum atomic E-state index is 11.2. The quantitative estimate of drug-likeness (QED) is 0.603. The van der Waals surface area contributed by atoms with Crippen LogP contribution in [0.4, 0.5) is 0 Å². The molecule has 1 heterocycles. The van der Waals surface area contributed by atoms with Crippen LogP contribution in [0.5, 0.6) is 0 Å². The number of carbonyl (C=O) groups is 1. The fraction of sp³-hybridized carbons (Fsp3) is 0.444. The summed E-state index contributed by atoms with van der Waals surface area (Å²) in [6.07, 6.45) is 1.81. The summed E-state index contributed by atoms with van der Waals surface area (Å²) < 4.78 is 4.77. The molecule has 2 N–H and O–H groups in total. The minimum Gasteiger partial charge on any atom is -0.465 e. The van der Waals surface area contributed by atoms with E-state index in [1.165, 1.54) is 6.20 Å². The maximum Gasteiger partial charge on any atom is 0.323 e. The summed E-state index contributed by atoms with van der Waals surface area (Å²) in [5.74, 6) is -0.438. The predicted octanol–water partition coefficient (Wildman–Crippen LogP) is 0.563. The molecule has 5 nitrogen and oxygen atoms in total. The van der Waals surface area contributed by atoms with E-state index in [2.05, 4.69) is 9.97 Å². The molecule has 1 aromatic heterocycles. The van der Waals surface area contributed by atoms with Crippen LogP contribution in [-0.2, 0) is 16.0 Å². The molecule has 0 radical (unpaired) electrons. The first-order valence-corrected chi connectivity index (χ1v) is 4.91. The van der Waals surface area contributed by atoms with Crippen LogP contribution in [-0.4, -0.2) is 28.6 Å². The Morgan fingerprint density at radius 1 is 1.73 bits per heavy atom. The summed E-state index contributed by atoms with van der Waals surface area (Å²) in [7, 11) is 0. The molecule has 0 aliphatic rings. The van der Waals surface area contributed by atoms with Crippen LogP contribution in [0, 0.1) is 0 Å². The molecule has 0 aliphatic heterocycles. The van der Waals surface area contributed by atoms with Crippen molar-refractivity contribution in [3.05, 3.63) is 23.2 Å². The average Bonchev–Trinajstić information content (AvgIpc) is 2.18. The van der Waals surface area contributed by atoms with Crippen LogP contribution in [0.25, 0.3) is 0 Å². The number of carbonyl (C=O) groups excluding carboxylic acids is 1. The predicted molar refractivity (Wildman–Crippen MR) is 55.4 cm³/mol. The smallest absolute Gasteiger partial charge is 0.323 e. The van der Waals surface area contributed by atoms with Gasteiger partial charge in [-0.25, -0.2) is 9.97 Å². The molecule has 1 unspecified atom stereocenters. The molecule has 82 valence electrons. The van der Waals surface area contributed by atoms with E-state index in [9.17, 15) is 4.79 Å². The minimum absolute atomic E-state index is 0.142.